The molecule has 1 fully saturated rings. The fourth-order valence-corrected chi connectivity index (χ4v) is 4.52. The lowest BCUT2D eigenvalue weighted by atomic mass is 9.85. The molecule has 3 aromatic carbocycles. The minimum absolute atomic E-state index is 0.0236. The molecule has 34 heavy (non-hydrogen) atoms. The summed E-state index contributed by atoms with van der Waals surface area (Å²) in [6.45, 7) is 1.92. The van der Waals surface area contributed by atoms with Crippen LogP contribution in [0.1, 0.15) is 60.8 Å². The molecule has 2 nitrogen and oxygen atoms in total. The zero-order chi connectivity index (χ0) is 23.9. The molecule has 1 aliphatic rings. The Morgan fingerprint density at radius 1 is 0.735 bits per heavy atom. The van der Waals surface area contributed by atoms with Crippen molar-refractivity contribution < 1.29 is 22.6 Å². The summed E-state index contributed by atoms with van der Waals surface area (Å²) in [5, 5.41) is 0. The fourth-order valence-electron chi connectivity index (χ4n) is 4.52. The smallest absolute Gasteiger partial charge is 0.132 e. The highest BCUT2D eigenvalue weighted by Gasteiger charge is 2.14. The zero-order valence-corrected chi connectivity index (χ0v) is 19.6. The molecular weight excluding hydrogens is 437 g/mol. The van der Waals surface area contributed by atoms with Gasteiger partial charge in [-0.3, -0.25) is 0 Å². The van der Waals surface area contributed by atoms with Crippen LogP contribution in [0.15, 0.2) is 54.6 Å². The van der Waals surface area contributed by atoms with Crippen LogP contribution in [0.3, 0.4) is 0 Å². The highest BCUT2D eigenvalue weighted by atomic mass is 19.1. The van der Waals surface area contributed by atoms with Crippen molar-refractivity contribution in [2.75, 3.05) is 0 Å². The summed E-state index contributed by atoms with van der Waals surface area (Å²) in [6, 6.07) is 14.2. The van der Waals surface area contributed by atoms with Crippen molar-refractivity contribution >= 4 is 0 Å². The maximum absolute atomic E-state index is 14.2. The maximum Gasteiger partial charge on any atom is 0.132 e. The summed E-state index contributed by atoms with van der Waals surface area (Å²) in [4.78, 5) is 0. The molecule has 4 rings (SSSR count). The molecule has 1 saturated carbocycles. The largest absolute Gasteiger partial charge is 0.489 e. The molecule has 0 aliphatic heterocycles. The summed E-state index contributed by atoms with van der Waals surface area (Å²) in [5.41, 5.74) is 2.68. The van der Waals surface area contributed by atoms with Gasteiger partial charge in [0.05, 0.1) is 0 Å². The monoisotopic (exact) mass is 468 g/mol. The van der Waals surface area contributed by atoms with Gasteiger partial charge in [-0.25, -0.2) is 13.2 Å². The topological polar surface area (TPSA) is 18.5 Å². The minimum atomic E-state index is -0.639. The van der Waals surface area contributed by atoms with Crippen molar-refractivity contribution in [2.45, 2.75) is 65.1 Å². The van der Waals surface area contributed by atoms with Gasteiger partial charge in [-0.2, -0.15) is 0 Å². The van der Waals surface area contributed by atoms with Crippen molar-refractivity contribution in [1.82, 2.24) is 0 Å². The van der Waals surface area contributed by atoms with E-state index in [1.54, 1.807) is 12.1 Å². The first-order valence-electron chi connectivity index (χ1n) is 12.0. The summed E-state index contributed by atoms with van der Waals surface area (Å²) in [6.07, 6.45) is 8.46. The van der Waals surface area contributed by atoms with E-state index < -0.39 is 11.6 Å². The van der Waals surface area contributed by atoms with E-state index in [9.17, 15) is 13.2 Å². The van der Waals surface area contributed by atoms with Crippen LogP contribution in [0.5, 0.6) is 11.5 Å². The molecule has 3 aromatic rings. The number of ether oxygens (including phenoxy) is 2. The molecule has 0 aromatic heterocycles. The molecule has 5 heteroatoms. The Morgan fingerprint density at radius 2 is 1.35 bits per heavy atom. The van der Waals surface area contributed by atoms with Crippen LogP contribution in [-0.4, -0.2) is 0 Å². The lowest BCUT2D eigenvalue weighted by Gasteiger charge is -2.21. The van der Waals surface area contributed by atoms with Gasteiger partial charge in [-0.15, -0.1) is 0 Å². The van der Waals surface area contributed by atoms with Crippen LogP contribution >= 0.6 is 0 Å². The first-order valence-corrected chi connectivity index (χ1v) is 12.0. The number of benzene rings is 3. The van der Waals surface area contributed by atoms with E-state index in [0.29, 0.717) is 17.1 Å². The van der Waals surface area contributed by atoms with E-state index in [1.807, 2.05) is 25.1 Å². The fraction of sp³-hybridized carbons (Fsp3) is 0.379. The highest BCUT2D eigenvalue weighted by molar-refractivity contribution is 5.39. The van der Waals surface area contributed by atoms with E-state index in [4.69, 9.17) is 9.47 Å². The molecular formula is C29H31F3O2. The molecule has 180 valence electrons. The van der Waals surface area contributed by atoms with Crippen molar-refractivity contribution in [3.05, 3.63) is 94.3 Å². The van der Waals surface area contributed by atoms with Gasteiger partial charge in [-0.05, 0) is 67.1 Å². The van der Waals surface area contributed by atoms with E-state index in [2.05, 4.69) is 0 Å². The van der Waals surface area contributed by atoms with Gasteiger partial charge < -0.3 is 9.47 Å². The SMILES string of the molecule is Cc1ccc(COc2cc(CCC3CCCCC3)cc(OCc3ccc(F)cc3F)c2)c(F)c1. The van der Waals surface area contributed by atoms with Crippen molar-refractivity contribution in [2.24, 2.45) is 5.92 Å². The molecule has 0 amide bonds. The first kappa shape index (κ1) is 24.2. The van der Waals surface area contributed by atoms with Gasteiger partial charge in [0, 0.05) is 23.3 Å². The molecule has 0 bridgehead atoms. The second kappa shape index (κ2) is 11.5. The molecule has 0 radical (unpaired) electrons. The zero-order valence-electron chi connectivity index (χ0n) is 19.6. The van der Waals surface area contributed by atoms with Gasteiger partial charge >= 0.3 is 0 Å². The molecule has 1 aliphatic carbocycles. The number of hydrogen-bond donors (Lipinski definition) is 0. The quantitative estimate of drug-likeness (QED) is 0.316. The number of hydrogen-bond acceptors (Lipinski definition) is 2. The molecule has 0 atom stereocenters. The van der Waals surface area contributed by atoms with Crippen molar-refractivity contribution in [3.8, 4) is 11.5 Å². The average Bonchev–Trinajstić information content (AvgIpc) is 2.82. The van der Waals surface area contributed by atoms with Gasteiger partial charge in [-0.1, -0.05) is 44.2 Å². The summed E-state index contributed by atoms with van der Waals surface area (Å²) in [7, 11) is 0. The lowest BCUT2D eigenvalue weighted by Crippen LogP contribution is -2.07. The van der Waals surface area contributed by atoms with Crippen LogP contribution < -0.4 is 9.47 Å². The summed E-state index contributed by atoms with van der Waals surface area (Å²) in [5.74, 6) is 0.305. The van der Waals surface area contributed by atoms with Crippen molar-refractivity contribution in [1.29, 1.82) is 0 Å². The van der Waals surface area contributed by atoms with Gasteiger partial charge in [0.2, 0.25) is 0 Å². The molecule has 0 N–H and O–H groups in total. The second-order valence-corrected chi connectivity index (χ2v) is 9.26. The van der Waals surface area contributed by atoms with Gasteiger partial charge in [0.1, 0.15) is 42.2 Å². The summed E-state index contributed by atoms with van der Waals surface area (Å²) >= 11 is 0. The number of aryl methyl sites for hydroxylation is 2. The first-order chi connectivity index (χ1) is 16.5. The van der Waals surface area contributed by atoms with Crippen LogP contribution in [-0.2, 0) is 19.6 Å². The van der Waals surface area contributed by atoms with E-state index in [-0.39, 0.29) is 24.6 Å². The minimum Gasteiger partial charge on any atom is -0.489 e. The third-order valence-corrected chi connectivity index (χ3v) is 6.52. The van der Waals surface area contributed by atoms with E-state index in [1.165, 1.54) is 50.3 Å². The standard InChI is InChI=1S/C29H31F3O2/c1-20-7-10-23(28(31)13-20)18-33-26-14-22(9-8-21-5-3-2-4-6-21)15-27(17-26)34-19-24-11-12-25(30)16-29(24)32/h7,10-17,21H,2-6,8-9,18-19H2,1H3. The third-order valence-electron chi connectivity index (χ3n) is 6.52. The Labute approximate surface area is 199 Å². The van der Waals surface area contributed by atoms with Crippen LogP contribution in [0.4, 0.5) is 13.2 Å². The molecule has 0 spiro atoms. The summed E-state index contributed by atoms with van der Waals surface area (Å²) < 4.78 is 53.3. The molecule has 0 heterocycles. The van der Waals surface area contributed by atoms with E-state index >= 15 is 0 Å². The molecule has 0 saturated heterocycles. The normalized spacial score (nSPS) is 14.2. The Hall–Kier alpha value is -2.95. The Morgan fingerprint density at radius 3 is 1.97 bits per heavy atom. The predicted octanol–water partition coefficient (Wildman–Crippen LogP) is 8.08. The maximum atomic E-state index is 14.2. The predicted molar refractivity (Wildman–Crippen MR) is 127 cm³/mol. The van der Waals surface area contributed by atoms with Crippen LogP contribution in [0.25, 0.3) is 0 Å². The Kier molecular flexibility index (Phi) is 8.15. The second-order valence-electron chi connectivity index (χ2n) is 9.26. The number of rotatable bonds is 9. The molecule has 0 unspecified atom stereocenters. The van der Waals surface area contributed by atoms with Crippen LogP contribution in [0.2, 0.25) is 0 Å². The van der Waals surface area contributed by atoms with E-state index in [0.717, 1.165) is 36.0 Å². The van der Waals surface area contributed by atoms with Crippen molar-refractivity contribution in [3.63, 3.8) is 0 Å². The lowest BCUT2D eigenvalue weighted by molar-refractivity contribution is 0.283. The Bertz CT molecular complexity index is 1030. The third kappa shape index (κ3) is 6.78. The highest BCUT2D eigenvalue weighted by Crippen LogP contribution is 2.30. The van der Waals surface area contributed by atoms with Gasteiger partial charge in [0.15, 0.2) is 0 Å². The van der Waals surface area contributed by atoms with Gasteiger partial charge in [0.25, 0.3) is 0 Å². The Balaban J connectivity index is 1.48. The average molecular weight is 469 g/mol. The number of halogens is 3. The van der Waals surface area contributed by atoms with Crippen LogP contribution in [0, 0.1) is 30.3 Å².